The van der Waals surface area contributed by atoms with Crippen LogP contribution in [0.4, 0.5) is 0 Å². The molecule has 0 atom stereocenters. The summed E-state index contributed by atoms with van der Waals surface area (Å²) in [6.07, 6.45) is 0.959. The molecule has 0 unspecified atom stereocenters. The molecule has 0 aliphatic heterocycles. The van der Waals surface area contributed by atoms with Crippen LogP contribution in [0.2, 0.25) is 0 Å². The Morgan fingerprint density at radius 2 is 1.75 bits per heavy atom. The van der Waals surface area contributed by atoms with Gasteiger partial charge in [0.05, 0.1) is 6.54 Å². The molecular formula is C17H22N2O3S2. The third-order valence-electron chi connectivity index (χ3n) is 3.65. The molecule has 1 aromatic heterocycles. The summed E-state index contributed by atoms with van der Waals surface area (Å²) in [4.78, 5) is 11.8. The van der Waals surface area contributed by atoms with E-state index in [1.165, 1.54) is 28.1 Å². The molecule has 0 radical (unpaired) electrons. The van der Waals surface area contributed by atoms with Crippen LogP contribution in [0.3, 0.4) is 0 Å². The Morgan fingerprint density at radius 1 is 1.12 bits per heavy atom. The van der Waals surface area contributed by atoms with Crippen molar-refractivity contribution in [3.8, 4) is 0 Å². The lowest BCUT2D eigenvalue weighted by molar-refractivity contribution is -0.119. The Labute approximate surface area is 147 Å². The number of benzene rings is 1. The van der Waals surface area contributed by atoms with E-state index in [1.54, 1.807) is 19.2 Å². The third-order valence-corrected chi connectivity index (χ3v) is 7.01. The summed E-state index contributed by atoms with van der Waals surface area (Å²) in [6, 6.07) is 11.3. The molecule has 0 aliphatic rings. The van der Waals surface area contributed by atoms with Gasteiger partial charge in [-0.25, -0.2) is 8.42 Å². The van der Waals surface area contributed by atoms with Gasteiger partial charge < -0.3 is 5.32 Å². The zero-order valence-corrected chi connectivity index (χ0v) is 15.7. The van der Waals surface area contributed by atoms with Gasteiger partial charge in [-0.3, -0.25) is 4.79 Å². The second-order valence-corrected chi connectivity index (χ2v) is 9.00. The van der Waals surface area contributed by atoms with Crippen molar-refractivity contribution in [2.75, 3.05) is 7.05 Å². The van der Waals surface area contributed by atoms with E-state index < -0.39 is 10.0 Å². The van der Waals surface area contributed by atoms with E-state index in [4.69, 9.17) is 0 Å². The summed E-state index contributed by atoms with van der Waals surface area (Å²) in [5.41, 5.74) is 2.18. The monoisotopic (exact) mass is 366 g/mol. The van der Waals surface area contributed by atoms with Crippen LogP contribution in [0, 0.1) is 0 Å². The normalized spacial score (nSPS) is 11.7. The van der Waals surface area contributed by atoms with E-state index in [1.807, 2.05) is 24.3 Å². The van der Waals surface area contributed by atoms with Gasteiger partial charge in [0.25, 0.3) is 10.0 Å². The highest BCUT2D eigenvalue weighted by atomic mass is 32.2. The number of sulfonamides is 1. The van der Waals surface area contributed by atoms with Crippen LogP contribution in [-0.4, -0.2) is 25.7 Å². The summed E-state index contributed by atoms with van der Waals surface area (Å²) in [6.45, 7) is 4.19. The van der Waals surface area contributed by atoms with E-state index in [9.17, 15) is 13.2 Å². The number of nitrogens with one attached hydrogen (secondary N) is 1. The topological polar surface area (TPSA) is 66.5 Å². The standard InChI is InChI=1S/C17H22N2O3S2/c1-4-14-5-7-15(8-6-14)12-19(3)24(21,22)17-10-9-16(23-17)11-18-13(2)20/h5-10H,4,11-12H2,1-3H3,(H,18,20). The fourth-order valence-corrected chi connectivity index (χ4v) is 4.84. The smallest absolute Gasteiger partial charge is 0.252 e. The number of thiophene rings is 1. The van der Waals surface area contributed by atoms with Gasteiger partial charge in [0.2, 0.25) is 5.91 Å². The lowest BCUT2D eigenvalue weighted by Crippen LogP contribution is -2.25. The first kappa shape index (κ1) is 18.6. The Balaban J connectivity index is 2.09. The van der Waals surface area contributed by atoms with Crippen molar-refractivity contribution in [3.05, 3.63) is 52.4 Å². The summed E-state index contributed by atoms with van der Waals surface area (Å²) in [7, 11) is -1.95. The molecule has 1 aromatic carbocycles. The maximum Gasteiger partial charge on any atom is 0.252 e. The molecule has 0 saturated carbocycles. The SMILES string of the molecule is CCc1ccc(CN(C)S(=O)(=O)c2ccc(CNC(C)=O)s2)cc1. The van der Waals surface area contributed by atoms with Crippen molar-refractivity contribution in [3.63, 3.8) is 0 Å². The average Bonchev–Trinajstić information content (AvgIpc) is 3.03. The number of hydrogen-bond acceptors (Lipinski definition) is 4. The Kier molecular flexibility index (Phi) is 6.15. The van der Waals surface area contributed by atoms with Crippen molar-refractivity contribution < 1.29 is 13.2 Å². The minimum Gasteiger partial charge on any atom is -0.351 e. The van der Waals surface area contributed by atoms with E-state index >= 15 is 0 Å². The van der Waals surface area contributed by atoms with E-state index in [-0.39, 0.29) is 10.1 Å². The summed E-state index contributed by atoms with van der Waals surface area (Å²) in [5, 5.41) is 2.67. The number of aryl methyl sites for hydroxylation is 1. The van der Waals surface area contributed by atoms with Crippen molar-refractivity contribution in [2.45, 2.75) is 37.6 Å². The molecule has 0 fully saturated rings. The second-order valence-electron chi connectivity index (χ2n) is 5.56. The minimum atomic E-state index is -3.53. The molecule has 7 heteroatoms. The second kappa shape index (κ2) is 7.92. The van der Waals surface area contributed by atoms with E-state index in [2.05, 4.69) is 12.2 Å². The van der Waals surface area contributed by atoms with Crippen molar-refractivity contribution in [2.24, 2.45) is 0 Å². The predicted octanol–water partition coefficient (Wildman–Crippen LogP) is 2.77. The summed E-state index contributed by atoms with van der Waals surface area (Å²) < 4.78 is 27.0. The van der Waals surface area contributed by atoms with Crippen LogP contribution in [-0.2, 0) is 34.3 Å². The molecule has 0 bridgehead atoms. The number of nitrogens with zero attached hydrogens (tertiary/aromatic N) is 1. The van der Waals surface area contributed by atoms with Gasteiger partial charge in [0.15, 0.2) is 0 Å². The summed E-state index contributed by atoms with van der Waals surface area (Å²) in [5.74, 6) is -0.138. The Morgan fingerprint density at radius 3 is 2.33 bits per heavy atom. The molecule has 1 N–H and O–H groups in total. The maximum atomic E-state index is 12.7. The molecule has 0 saturated heterocycles. The van der Waals surface area contributed by atoms with Gasteiger partial charge in [-0.05, 0) is 29.7 Å². The van der Waals surface area contributed by atoms with Gasteiger partial charge in [-0.15, -0.1) is 11.3 Å². The van der Waals surface area contributed by atoms with E-state index in [0.29, 0.717) is 13.1 Å². The molecule has 2 aromatic rings. The van der Waals surface area contributed by atoms with Crippen molar-refractivity contribution in [1.82, 2.24) is 9.62 Å². The van der Waals surface area contributed by atoms with Crippen molar-refractivity contribution in [1.29, 1.82) is 0 Å². The molecule has 2 rings (SSSR count). The van der Waals surface area contributed by atoms with Crippen LogP contribution >= 0.6 is 11.3 Å². The fraction of sp³-hybridized carbons (Fsp3) is 0.353. The average molecular weight is 367 g/mol. The summed E-state index contributed by atoms with van der Waals surface area (Å²) >= 11 is 1.18. The molecular weight excluding hydrogens is 344 g/mol. The zero-order chi connectivity index (χ0) is 17.7. The zero-order valence-electron chi connectivity index (χ0n) is 14.1. The first-order valence-electron chi connectivity index (χ1n) is 7.70. The molecule has 24 heavy (non-hydrogen) atoms. The molecule has 1 heterocycles. The van der Waals surface area contributed by atoms with Crippen LogP contribution < -0.4 is 5.32 Å². The molecule has 5 nitrogen and oxygen atoms in total. The molecule has 1 amide bonds. The first-order chi connectivity index (χ1) is 11.3. The third kappa shape index (κ3) is 4.66. The lowest BCUT2D eigenvalue weighted by Gasteiger charge is -2.16. The predicted molar refractivity (Wildman–Crippen MR) is 96.3 cm³/mol. The minimum absolute atomic E-state index is 0.138. The highest BCUT2D eigenvalue weighted by molar-refractivity contribution is 7.91. The van der Waals surface area contributed by atoms with Gasteiger partial charge >= 0.3 is 0 Å². The Bertz CT molecular complexity index is 795. The van der Waals surface area contributed by atoms with Crippen LogP contribution in [0.5, 0.6) is 0 Å². The molecule has 0 aliphatic carbocycles. The number of carbonyl (C=O) groups is 1. The highest BCUT2D eigenvalue weighted by Gasteiger charge is 2.23. The van der Waals surface area contributed by atoms with Crippen LogP contribution in [0.15, 0.2) is 40.6 Å². The van der Waals surface area contributed by atoms with Crippen LogP contribution in [0.25, 0.3) is 0 Å². The van der Waals surface area contributed by atoms with E-state index in [0.717, 1.165) is 16.9 Å². The number of carbonyl (C=O) groups excluding carboxylic acids is 1. The molecule has 130 valence electrons. The largest absolute Gasteiger partial charge is 0.351 e. The number of hydrogen-bond donors (Lipinski definition) is 1. The van der Waals surface area contributed by atoms with Gasteiger partial charge in [-0.2, -0.15) is 4.31 Å². The Hall–Kier alpha value is -1.70. The van der Waals surface area contributed by atoms with Crippen LogP contribution in [0.1, 0.15) is 29.9 Å². The number of rotatable bonds is 7. The maximum absolute atomic E-state index is 12.7. The highest BCUT2D eigenvalue weighted by Crippen LogP contribution is 2.25. The van der Waals surface area contributed by atoms with Gasteiger partial charge in [-0.1, -0.05) is 31.2 Å². The lowest BCUT2D eigenvalue weighted by atomic mass is 10.1. The molecule has 0 spiro atoms. The quantitative estimate of drug-likeness (QED) is 0.819. The fourth-order valence-electron chi connectivity index (χ4n) is 2.18. The van der Waals surface area contributed by atoms with Crippen molar-refractivity contribution >= 4 is 27.3 Å². The van der Waals surface area contributed by atoms with Gasteiger partial charge in [0, 0.05) is 25.4 Å². The number of amides is 1. The van der Waals surface area contributed by atoms with Gasteiger partial charge in [0.1, 0.15) is 4.21 Å². The first-order valence-corrected chi connectivity index (χ1v) is 9.96.